The summed E-state index contributed by atoms with van der Waals surface area (Å²) in [6, 6.07) is 1.99. The van der Waals surface area contributed by atoms with Crippen LogP contribution in [-0.4, -0.2) is 42.1 Å². The lowest BCUT2D eigenvalue weighted by Crippen LogP contribution is -2.29. The minimum Gasteiger partial charge on any atom is -0.382 e. The Morgan fingerprint density at radius 1 is 1.50 bits per heavy atom. The molecule has 4 heterocycles. The maximum Gasteiger partial charge on any atom is 0.219 e. The van der Waals surface area contributed by atoms with E-state index in [1.165, 1.54) is 0 Å². The Labute approximate surface area is 155 Å². The van der Waals surface area contributed by atoms with Gasteiger partial charge in [0, 0.05) is 38.8 Å². The van der Waals surface area contributed by atoms with Crippen LogP contribution in [0.3, 0.4) is 0 Å². The van der Waals surface area contributed by atoms with Gasteiger partial charge in [0.05, 0.1) is 27.9 Å². The molecule has 3 N–H and O–H groups in total. The lowest BCUT2D eigenvalue weighted by molar-refractivity contribution is -0.129. The van der Waals surface area contributed by atoms with Crippen LogP contribution in [0, 0.1) is 0 Å². The molecule has 26 heavy (non-hydrogen) atoms. The van der Waals surface area contributed by atoms with E-state index < -0.39 is 0 Å². The Kier molecular flexibility index (Phi) is 4.10. The molecule has 0 bridgehead atoms. The summed E-state index contributed by atoms with van der Waals surface area (Å²) in [5.74, 6) is 1.28. The van der Waals surface area contributed by atoms with E-state index in [2.05, 4.69) is 15.2 Å². The summed E-state index contributed by atoms with van der Waals surface area (Å²) in [5, 5.41) is 7.34. The number of rotatable bonds is 4. The largest absolute Gasteiger partial charge is 0.382 e. The van der Waals surface area contributed by atoms with Crippen molar-refractivity contribution in [3.05, 3.63) is 29.5 Å². The van der Waals surface area contributed by atoms with Gasteiger partial charge in [0.25, 0.3) is 0 Å². The molecule has 1 aliphatic heterocycles. The van der Waals surface area contributed by atoms with E-state index in [0.717, 1.165) is 34.0 Å². The van der Waals surface area contributed by atoms with Crippen LogP contribution in [0.5, 0.6) is 0 Å². The molecule has 0 aliphatic carbocycles. The van der Waals surface area contributed by atoms with Crippen LogP contribution in [0.1, 0.15) is 36.3 Å². The van der Waals surface area contributed by atoms with Gasteiger partial charge in [0.2, 0.25) is 5.91 Å². The van der Waals surface area contributed by atoms with Gasteiger partial charge in [-0.1, -0.05) is 0 Å². The third-order valence-electron chi connectivity index (χ3n) is 4.83. The maximum atomic E-state index is 11.8. The molecule has 0 spiro atoms. The fourth-order valence-electron chi connectivity index (χ4n) is 3.37. The fraction of sp³-hybridized carbons (Fsp3) is 0.412. The SMILES string of the molecule is CCN(Cc1nc2c(N)nc3c(c2n1C)SC(c1ccn[nH]1)C3)C(C)=O. The molecule has 0 saturated carbocycles. The van der Waals surface area contributed by atoms with Gasteiger partial charge < -0.3 is 15.2 Å². The first-order valence-electron chi connectivity index (χ1n) is 8.54. The zero-order valence-corrected chi connectivity index (χ0v) is 15.8. The quantitative estimate of drug-likeness (QED) is 0.727. The van der Waals surface area contributed by atoms with Crippen molar-refractivity contribution in [2.75, 3.05) is 12.3 Å². The van der Waals surface area contributed by atoms with Gasteiger partial charge in [-0.3, -0.25) is 9.89 Å². The van der Waals surface area contributed by atoms with Crippen molar-refractivity contribution in [2.45, 2.75) is 37.0 Å². The predicted molar refractivity (Wildman–Crippen MR) is 101 cm³/mol. The number of pyridine rings is 1. The van der Waals surface area contributed by atoms with Gasteiger partial charge in [-0.2, -0.15) is 5.10 Å². The Bertz CT molecular complexity index is 979. The molecule has 3 aromatic heterocycles. The number of amides is 1. The van der Waals surface area contributed by atoms with E-state index >= 15 is 0 Å². The standard InChI is InChI=1S/C17H21N7OS/c1-4-24(9(2)25)8-13-21-14-15(23(13)3)16-11(20-17(14)18)7-12(26-16)10-5-6-19-22-10/h5-6,12H,4,7-8H2,1-3H3,(H2,18,20)(H,19,22). The van der Waals surface area contributed by atoms with Gasteiger partial charge in [0.1, 0.15) is 11.3 Å². The summed E-state index contributed by atoms with van der Waals surface area (Å²) in [5.41, 5.74) is 9.98. The number of thioether (sulfide) groups is 1. The summed E-state index contributed by atoms with van der Waals surface area (Å²) in [4.78, 5) is 23.9. The number of nitrogens with zero attached hydrogens (tertiary/aromatic N) is 5. The zero-order chi connectivity index (χ0) is 18.4. The van der Waals surface area contributed by atoms with E-state index in [4.69, 9.17) is 10.7 Å². The fourth-order valence-corrected chi connectivity index (χ4v) is 4.76. The molecule has 136 valence electrons. The lowest BCUT2D eigenvalue weighted by Gasteiger charge is -2.18. The van der Waals surface area contributed by atoms with E-state index in [9.17, 15) is 4.79 Å². The molecule has 0 saturated heterocycles. The number of nitrogens with two attached hydrogens (primary N) is 1. The molecule has 8 nitrogen and oxygen atoms in total. The molecule has 9 heteroatoms. The van der Waals surface area contributed by atoms with Gasteiger partial charge in [-0.05, 0) is 13.0 Å². The number of aromatic nitrogens is 5. The van der Waals surface area contributed by atoms with Crippen LogP contribution in [0.4, 0.5) is 5.82 Å². The molecule has 1 amide bonds. The number of imidazole rings is 1. The first kappa shape index (κ1) is 16.9. The third kappa shape index (κ3) is 2.63. The Hall–Kier alpha value is -2.55. The second kappa shape index (κ2) is 6.31. The normalized spacial score (nSPS) is 16.2. The van der Waals surface area contributed by atoms with Crippen molar-refractivity contribution in [3.63, 3.8) is 0 Å². The van der Waals surface area contributed by atoms with Gasteiger partial charge in [0.15, 0.2) is 5.82 Å². The van der Waals surface area contributed by atoms with Crippen molar-refractivity contribution in [1.82, 2.24) is 29.6 Å². The highest BCUT2D eigenvalue weighted by Crippen LogP contribution is 2.48. The number of anilines is 1. The van der Waals surface area contributed by atoms with Crippen LogP contribution in [-0.2, 0) is 24.8 Å². The first-order valence-corrected chi connectivity index (χ1v) is 9.42. The lowest BCUT2D eigenvalue weighted by atomic mass is 10.1. The average Bonchev–Trinajstić information content (AvgIpc) is 3.31. The summed E-state index contributed by atoms with van der Waals surface area (Å²) < 4.78 is 2.04. The van der Waals surface area contributed by atoms with Crippen molar-refractivity contribution >= 4 is 34.5 Å². The summed E-state index contributed by atoms with van der Waals surface area (Å²) >= 11 is 1.76. The second-order valence-electron chi connectivity index (χ2n) is 6.41. The molecule has 0 radical (unpaired) electrons. The van der Waals surface area contributed by atoms with Crippen LogP contribution in [0.15, 0.2) is 17.2 Å². The minimum atomic E-state index is 0.0320. The molecule has 4 rings (SSSR count). The summed E-state index contributed by atoms with van der Waals surface area (Å²) in [7, 11) is 1.97. The number of H-pyrrole nitrogens is 1. The Morgan fingerprint density at radius 2 is 2.31 bits per heavy atom. The topological polar surface area (TPSA) is 106 Å². The number of nitrogens with one attached hydrogen (secondary N) is 1. The number of hydrogen-bond donors (Lipinski definition) is 2. The van der Waals surface area contributed by atoms with Crippen molar-refractivity contribution in [3.8, 4) is 0 Å². The second-order valence-corrected chi connectivity index (χ2v) is 7.63. The van der Waals surface area contributed by atoms with E-state index in [1.807, 2.05) is 24.6 Å². The molecular formula is C17H21N7OS. The van der Waals surface area contributed by atoms with Gasteiger partial charge >= 0.3 is 0 Å². The molecule has 0 aromatic carbocycles. The molecule has 3 aromatic rings. The van der Waals surface area contributed by atoms with Gasteiger partial charge in [-0.15, -0.1) is 11.8 Å². The highest BCUT2D eigenvalue weighted by Gasteiger charge is 2.31. The Morgan fingerprint density at radius 3 is 2.96 bits per heavy atom. The molecule has 1 atom stereocenters. The highest BCUT2D eigenvalue weighted by molar-refractivity contribution is 8.00. The number of aromatic amines is 1. The minimum absolute atomic E-state index is 0.0320. The van der Waals surface area contributed by atoms with Crippen LogP contribution in [0.2, 0.25) is 0 Å². The third-order valence-corrected chi connectivity index (χ3v) is 6.20. The molecule has 1 unspecified atom stereocenters. The summed E-state index contributed by atoms with van der Waals surface area (Å²) in [6.07, 6.45) is 2.57. The van der Waals surface area contributed by atoms with Crippen molar-refractivity contribution < 1.29 is 4.79 Å². The number of hydrogen-bond acceptors (Lipinski definition) is 6. The highest BCUT2D eigenvalue weighted by atomic mass is 32.2. The van der Waals surface area contributed by atoms with E-state index in [0.29, 0.717) is 24.4 Å². The monoisotopic (exact) mass is 371 g/mol. The van der Waals surface area contributed by atoms with Crippen LogP contribution in [0.25, 0.3) is 11.0 Å². The average molecular weight is 371 g/mol. The van der Waals surface area contributed by atoms with Crippen molar-refractivity contribution in [1.29, 1.82) is 0 Å². The van der Waals surface area contributed by atoms with Crippen LogP contribution >= 0.6 is 11.8 Å². The van der Waals surface area contributed by atoms with Crippen molar-refractivity contribution in [2.24, 2.45) is 7.05 Å². The van der Waals surface area contributed by atoms with E-state index in [-0.39, 0.29) is 11.2 Å². The molecule has 0 fully saturated rings. The summed E-state index contributed by atoms with van der Waals surface area (Å²) in [6.45, 7) is 4.63. The molecular weight excluding hydrogens is 350 g/mol. The van der Waals surface area contributed by atoms with Gasteiger partial charge in [-0.25, -0.2) is 9.97 Å². The van der Waals surface area contributed by atoms with Crippen LogP contribution < -0.4 is 5.73 Å². The molecule has 1 aliphatic rings. The van der Waals surface area contributed by atoms with E-state index in [1.54, 1.807) is 29.8 Å². The zero-order valence-electron chi connectivity index (χ0n) is 15.0. The number of aryl methyl sites for hydroxylation is 1. The first-order chi connectivity index (χ1) is 12.5. The smallest absolute Gasteiger partial charge is 0.219 e. The maximum absolute atomic E-state index is 11.8. The number of fused-ring (bicyclic) bond motifs is 3. The number of carbonyl (C=O) groups is 1. The number of nitrogen functional groups attached to an aromatic ring is 1. The Balaban J connectivity index is 1.77. The number of carbonyl (C=O) groups excluding carboxylic acids is 1. The predicted octanol–water partition coefficient (Wildman–Crippen LogP) is 2.03.